The van der Waals surface area contributed by atoms with Gasteiger partial charge in [-0.15, -0.1) is 0 Å². The highest BCUT2D eigenvalue weighted by atomic mass is 16.6. The van der Waals surface area contributed by atoms with Crippen molar-refractivity contribution in [2.75, 3.05) is 7.11 Å². The van der Waals surface area contributed by atoms with Gasteiger partial charge in [0.25, 0.3) is 0 Å². The van der Waals surface area contributed by atoms with Gasteiger partial charge in [0.05, 0.1) is 5.71 Å². The van der Waals surface area contributed by atoms with Crippen LogP contribution >= 0.6 is 0 Å². The van der Waals surface area contributed by atoms with Crippen molar-refractivity contribution in [2.45, 2.75) is 65.2 Å². The van der Waals surface area contributed by atoms with E-state index in [1.54, 1.807) is 7.11 Å². The number of oxime groups is 1. The zero-order valence-electron chi connectivity index (χ0n) is 14.5. The van der Waals surface area contributed by atoms with Gasteiger partial charge < -0.3 is 4.84 Å². The van der Waals surface area contributed by atoms with Gasteiger partial charge >= 0.3 is 0 Å². The highest BCUT2D eigenvalue weighted by Crippen LogP contribution is 2.64. The summed E-state index contributed by atoms with van der Waals surface area (Å²) in [7, 11) is 1.69. The largest absolute Gasteiger partial charge is 0.399 e. The Hall–Kier alpha value is -0.790. The number of fused-ring (bicyclic) bond motifs is 5. The minimum atomic E-state index is 0.516. The van der Waals surface area contributed by atoms with Crippen LogP contribution in [0.2, 0.25) is 0 Å². The van der Waals surface area contributed by atoms with Crippen molar-refractivity contribution in [3.8, 4) is 0 Å². The average Bonchev–Trinajstić information content (AvgIpc) is 2.89. The Kier molecular flexibility index (Phi) is 3.43. The van der Waals surface area contributed by atoms with Crippen molar-refractivity contribution in [2.24, 2.45) is 39.7 Å². The summed E-state index contributed by atoms with van der Waals surface area (Å²) in [6.07, 6.45) is 15.8. The lowest BCUT2D eigenvalue weighted by Gasteiger charge is -2.59. The fraction of sp³-hybridized carbons (Fsp3) is 0.850. The van der Waals surface area contributed by atoms with Crippen LogP contribution < -0.4 is 0 Å². The van der Waals surface area contributed by atoms with Gasteiger partial charge in [0.15, 0.2) is 0 Å². The van der Waals surface area contributed by atoms with E-state index >= 15 is 0 Å². The molecule has 3 fully saturated rings. The highest BCUT2D eigenvalue weighted by molar-refractivity contribution is 5.85. The van der Waals surface area contributed by atoms with Gasteiger partial charge in [0.2, 0.25) is 0 Å². The Labute approximate surface area is 135 Å². The Bertz CT molecular complexity index is 510. The molecule has 0 radical (unpaired) electrons. The minimum absolute atomic E-state index is 0.516. The molecule has 22 heavy (non-hydrogen) atoms. The summed E-state index contributed by atoms with van der Waals surface area (Å²) >= 11 is 0. The van der Waals surface area contributed by atoms with Gasteiger partial charge in [-0.25, -0.2) is 0 Å². The first-order valence-corrected chi connectivity index (χ1v) is 9.33. The summed E-state index contributed by atoms with van der Waals surface area (Å²) in [6.45, 7) is 5.14. The molecule has 0 amide bonds. The molecule has 0 N–H and O–H groups in total. The molecule has 4 aliphatic carbocycles. The van der Waals surface area contributed by atoms with E-state index in [0.717, 1.165) is 30.1 Å². The lowest BCUT2D eigenvalue weighted by Crippen LogP contribution is -2.52. The second-order valence-electron chi connectivity index (χ2n) is 8.88. The number of hydrogen-bond donors (Lipinski definition) is 0. The summed E-state index contributed by atoms with van der Waals surface area (Å²) in [5.74, 6) is 3.69. The van der Waals surface area contributed by atoms with Gasteiger partial charge in [0, 0.05) is 0 Å². The third-order valence-corrected chi connectivity index (χ3v) is 8.05. The Balaban J connectivity index is 1.58. The first-order valence-electron chi connectivity index (χ1n) is 9.33. The molecule has 0 bridgehead atoms. The van der Waals surface area contributed by atoms with Crippen molar-refractivity contribution in [1.82, 2.24) is 0 Å². The molecule has 2 heteroatoms. The maximum atomic E-state index is 5.05. The Morgan fingerprint density at radius 1 is 1.14 bits per heavy atom. The lowest BCUT2D eigenvalue weighted by molar-refractivity contribution is -0.0856. The number of nitrogens with zero attached hydrogens (tertiary/aromatic N) is 1. The fourth-order valence-corrected chi connectivity index (χ4v) is 6.75. The van der Waals surface area contributed by atoms with Crippen LogP contribution in [0.1, 0.15) is 65.2 Å². The molecule has 0 aromatic heterocycles. The van der Waals surface area contributed by atoms with Gasteiger partial charge in [-0.2, -0.15) is 0 Å². The summed E-state index contributed by atoms with van der Waals surface area (Å²) in [5.41, 5.74) is 2.38. The third kappa shape index (κ3) is 2.02. The van der Waals surface area contributed by atoms with Crippen molar-refractivity contribution in [1.29, 1.82) is 0 Å². The van der Waals surface area contributed by atoms with E-state index < -0.39 is 0 Å². The lowest BCUT2D eigenvalue weighted by atomic mass is 9.45. The first-order chi connectivity index (χ1) is 10.6. The monoisotopic (exact) mass is 301 g/mol. The van der Waals surface area contributed by atoms with Crippen molar-refractivity contribution in [3.63, 3.8) is 0 Å². The van der Waals surface area contributed by atoms with E-state index in [9.17, 15) is 0 Å². The van der Waals surface area contributed by atoms with Crippen molar-refractivity contribution >= 4 is 5.71 Å². The molecule has 3 saturated carbocycles. The molecule has 0 heterocycles. The van der Waals surface area contributed by atoms with E-state index in [0.29, 0.717) is 10.8 Å². The SMILES string of the molecule is CO/N=C1\CC[C@@]2(C)[C@H](CC[C@@H]3[C@@H]2CC[C@]2(C)C=CC[C@@H]32)C1. The molecule has 0 spiro atoms. The quantitative estimate of drug-likeness (QED) is 0.482. The van der Waals surface area contributed by atoms with Crippen LogP contribution in [0.5, 0.6) is 0 Å². The molecule has 4 aliphatic rings. The molecule has 4 rings (SSSR count). The average molecular weight is 301 g/mol. The van der Waals surface area contributed by atoms with Crippen molar-refractivity contribution < 1.29 is 4.84 Å². The standard InChI is InChI=1S/C20H31NO/c1-19-10-4-5-17(19)16-7-6-14-13-15(21-22-3)8-12-20(14,2)18(16)9-11-19/h4,10,14,16-18H,5-9,11-13H2,1-3H3/b21-15+/t14-,16+,17+,18+,19+,20+/m1/s1. The van der Waals surface area contributed by atoms with Crippen LogP contribution in [-0.2, 0) is 4.84 Å². The van der Waals surface area contributed by atoms with E-state index in [1.807, 2.05) is 0 Å². The van der Waals surface area contributed by atoms with Gasteiger partial charge in [-0.1, -0.05) is 31.2 Å². The highest BCUT2D eigenvalue weighted by Gasteiger charge is 2.56. The number of allylic oxidation sites excluding steroid dienone is 2. The van der Waals surface area contributed by atoms with Gasteiger partial charge in [-0.05, 0) is 85.9 Å². The zero-order chi connectivity index (χ0) is 15.4. The third-order valence-electron chi connectivity index (χ3n) is 8.05. The van der Waals surface area contributed by atoms with Crippen LogP contribution in [0.15, 0.2) is 17.3 Å². The molecule has 2 nitrogen and oxygen atoms in total. The molecule has 122 valence electrons. The van der Waals surface area contributed by atoms with Crippen LogP contribution in [0, 0.1) is 34.5 Å². The molecule has 0 aliphatic heterocycles. The molecular weight excluding hydrogens is 270 g/mol. The first kappa shape index (κ1) is 14.8. The van der Waals surface area contributed by atoms with E-state index in [2.05, 4.69) is 31.2 Å². The molecule has 0 saturated heterocycles. The van der Waals surface area contributed by atoms with Gasteiger partial charge in [-0.3, -0.25) is 0 Å². The summed E-state index contributed by atoms with van der Waals surface area (Å²) in [5, 5.41) is 4.28. The predicted octanol–water partition coefficient (Wildman–Crippen LogP) is 5.20. The Morgan fingerprint density at radius 2 is 2.00 bits per heavy atom. The van der Waals surface area contributed by atoms with E-state index in [-0.39, 0.29) is 0 Å². The molecule has 0 aromatic rings. The summed E-state index contributed by atoms with van der Waals surface area (Å²) < 4.78 is 0. The van der Waals surface area contributed by atoms with E-state index in [4.69, 9.17) is 4.84 Å². The van der Waals surface area contributed by atoms with Crippen molar-refractivity contribution in [3.05, 3.63) is 12.2 Å². The molecule has 0 unspecified atom stereocenters. The molecule has 6 atom stereocenters. The van der Waals surface area contributed by atoms with Crippen LogP contribution in [0.4, 0.5) is 0 Å². The second kappa shape index (κ2) is 5.11. The Morgan fingerprint density at radius 3 is 2.82 bits per heavy atom. The summed E-state index contributed by atoms with van der Waals surface area (Å²) in [4.78, 5) is 5.05. The maximum Gasteiger partial charge on any atom is 0.106 e. The second-order valence-corrected chi connectivity index (χ2v) is 8.88. The predicted molar refractivity (Wildman–Crippen MR) is 90.7 cm³/mol. The van der Waals surface area contributed by atoms with E-state index in [1.165, 1.54) is 50.7 Å². The molecular formula is C20H31NO. The normalized spacial score (nSPS) is 52.0. The number of rotatable bonds is 1. The fourth-order valence-electron chi connectivity index (χ4n) is 6.75. The summed E-state index contributed by atoms with van der Waals surface area (Å²) in [6, 6.07) is 0. The minimum Gasteiger partial charge on any atom is -0.399 e. The van der Waals surface area contributed by atoms with Crippen LogP contribution in [0.25, 0.3) is 0 Å². The smallest absolute Gasteiger partial charge is 0.106 e. The molecule has 0 aromatic carbocycles. The van der Waals surface area contributed by atoms with Crippen LogP contribution in [-0.4, -0.2) is 12.8 Å². The topological polar surface area (TPSA) is 21.6 Å². The van der Waals surface area contributed by atoms with Crippen LogP contribution in [0.3, 0.4) is 0 Å². The number of hydrogen-bond acceptors (Lipinski definition) is 2. The maximum absolute atomic E-state index is 5.05. The zero-order valence-corrected chi connectivity index (χ0v) is 14.5. The van der Waals surface area contributed by atoms with Gasteiger partial charge in [0.1, 0.15) is 7.11 Å².